The summed E-state index contributed by atoms with van der Waals surface area (Å²) in [4.78, 5) is 11.5. The van der Waals surface area contributed by atoms with E-state index in [1.54, 1.807) is 0 Å². The van der Waals surface area contributed by atoms with Gasteiger partial charge in [0.05, 0.1) is 11.8 Å². The summed E-state index contributed by atoms with van der Waals surface area (Å²) in [5.41, 5.74) is 0. The van der Waals surface area contributed by atoms with Crippen LogP contribution in [-0.4, -0.2) is 18.1 Å². The number of Topliss-reactive ketones (excluding diaryl/α,β-unsaturated/α-hetero) is 1. The summed E-state index contributed by atoms with van der Waals surface area (Å²) in [5, 5.41) is 0. The zero-order valence-electron chi connectivity index (χ0n) is 13.0. The number of alkyl halides is 6. The lowest BCUT2D eigenvalue weighted by Gasteiger charge is -2.18. The predicted molar refractivity (Wildman–Crippen MR) is 72.4 cm³/mol. The Morgan fingerprint density at radius 1 is 0.773 bits per heavy atom. The van der Waals surface area contributed by atoms with Crippen molar-refractivity contribution >= 4 is 5.78 Å². The molecular weight excluding hydrogens is 310 g/mol. The fourth-order valence-electron chi connectivity index (χ4n) is 2.41. The fraction of sp³-hybridized carbons (Fsp3) is 0.933. The summed E-state index contributed by atoms with van der Waals surface area (Å²) >= 11 is 0. The van der Waals surface area contributed by atoms with Gasteiger partial charge in [-0.05, 0) is 38.5 Å². The molecule has 0 aliphatic rings. The third-order valence-electron chi connectivity index (χ3n) is 3.93. The monoisotopic (exact) mass is 334 g/mol. The molecule has 0 spiro atoms. The lowest BCUT2D eigenvalue weighted by molar-refractivity contribution is -0.177. The summed E-state index contributed by atoms with van der Waals surface area (Å²) in [6.45, 7) is 2.89. The fourth-order valence-corrected chi connectivity index (χ4v) is 2.41. The van der Waals surface area contributed by atoms with Crippen molar-refractivity contribution < 1.29 is 31.1 Å². The van der Waals surface area contributed by atoms with E-state index in [4.69, 9.17) is 0 Å². The van der Waals surface area contributed by atoms with Crippen LogP contribution >= 0.6 is 0 Å². The van der Waals surface area contributed by atoms with E-state index >= 15 is 0 Å². The van der Waals surface area contributed by atoms with Crippen molar-refractivity contribution in [2.45, 2.75) is 77.6 Å². The van der Waals surface area contributed by atoms with E-state index < -0.39 is 24.2 Å². The molecule has 0 aromatic heterocycles. The largest absolute Gasteiger partial charge is 0.391 e. The Labute approximate surface area is 127 Å². The van der Waals surface area contributed by atoms with E-state index in [-0.39, 0.29) is 57.1 Å². The maximum atomic E-state index is 12.5. The van der Waals surface area contributed by atoms with Crippen LogP contribution in [0.4, 0.5) is 26.3 Å². The molecule has 22 heavy (non-hydrogen) atoms. The van der Waals surface area contributed by atoms with Gasteiger partial charge >= 0.3 is 12.4 Å². The lowest BCUT2D eigenvalue weighted by atomic mass is 9.95. The zero-order chi connectivity index (χ0) is 17.4. The van der Waals surface area contributed by atoms with Gasteiger partial charge in [0.15, 0.2) is 0 Å². The molecule has 0 bridgehead atoms. The first-order chi connectivity index (χ1) is 10.0. The number of hydrogen-bond donors (Lipinski definition) is 0. The summed E-state index contributed by atoms with van der Waals surface area (Å²) in [5.74, 6) is -3.07. The Hall–Kier alpha value is -0.750. The van der Waals surface area contributed by atoms with Crippen LogP contribution in [0.2, 0.25) is 0 Å². The summed E-state index contributed by atoms with van der Waals surface area (Å²) in [6, 6.07) is 0. The van der Waals surface area contributed by atoms with Gasteiger partial charge in [-0.1, -0.05) is 13.8 Å². The number of carbonyl (C=O) groups excluding carboxylic acids is 1. The van der Waals surface area contributed by atoms with Crippen molar-refractivity contribution in [3.8, 4) is 0 Å². The average molecular weight is 334 g/mol. The highest BCUT2D eigenvalue weighted by Crippen LogP contribution is 2.33. The van der Waals surface area contributed by atoms with Crippen LogP contribution in [0.3, 0.4) is 0 Å². The van der Waals surface area contributed by atoms with Crippen LogP contribution in [-0.2, 0) is 4.79 Å². The SMILES string of the molecule is CCC(CCCC(=O)CCCC(CC)C(F)(F)F)C(F)(F)F. The smallest absolute Gasteiger partial charge is 0.300 e. The minimum atomic E-state index is -4.25. The number of halogens is 6. The van der Waals surface area contributed by atoms with Gasteiger partial charge in [-0.25, -0.2) is 0 Å². The highest BCUT2D eigenvalue weighted by molar-refractivity contribution is 5.78. The molecule has 2 atom stereocenters. The Morgan fingerprint density at radius 2 is 1.09 bits per heavy atom. The van der Waals surface area contributed by atoms with E-state index in [1.165, 1.54) is 13.8 Å². The van der Waals surface area contributed by atoms with Gasteiger partial charge in [-0.2, -0.15) is 26.3 Å². The molecule has 7 heteroatoms. The molecule has 0 saturated heterocycles. The average Bonchev–Trinajstić information content (AvgIpc) is 2.36. The highest BCUT2D eigenvalue weighted by atomic mass is 19.4. The first-order valence-electron chi connectivity index (χ1n) is 7.67. The van der Waals surface area contributed by atoms with E-state index in [9.17, 15) is 31.1 Å². The Balaban J connectivity index is 3.97. The first-order valence-corrected chi connectivity index (χ1v) is 7.67. The van der Waals surface area contributed by atoms with Gasteiger partial charge in [-0.3, -0.25) is 4.79 Å². The molecule has 0 amide bonds. The number of ketones is 1. The number of carbonyl (C=O) groups is 1. The maximum absolute atomic E-state index is 12.5. The number of hydrogen-bond acceptors (Lipinski definition) is 1. The second-order valence-electron chi connectivity index (χ2n) is 5.62. The molecular formula is C15H24F6O. The standard InChI is InChI=1S/C15H24F6O/c1-3-11(14(16,17)18)7-5-9-13(22)10-6-8-12(4-2)15(19,20)21/h11-12H,3-10H2,1-2H3. The van der Waals surface area contributed by atoms with Crippen LogP contribution in [0.5, 0.6) is 0 Å². The van der Waals surface area contributed by atoms with E-state index in [0.29, 0.717) is 0 Å². The quantitative estimate of drug-likeness (QED) is 0.443. The minimum Gasteiger partial charge on any atom is -0.300 e. The van der Waals surface area contributed by atoms with Crippen LogP contribution in [0.15, 0.2) is 0 Å². The predicted octanol–water partition coefficient (Wildman–Crippen LogP) is 6.07. The Bertz CT molecular complexity index is 291. The van der Waals surface area contributed by atoms with Crippen LogP contribution in [0, 0.1) is 11.8 Å². The molecule has 0 aromatic rings. The Morgan fingerprint density at radius 3 is 1.32 bits per heavy atom. The molecule has 2 unspecified atom stereocenters. The van der Waals surface area contributed by atoms with Gasteiger partial charge in [0.2, 0.25) is 0 Å². The van der Waals surface area contributed by atoms with Crippen LogP contribution < -0.4 is 0 Å². The van der Waals surface area contributed by atoms with Crippen molar-refractivity contribution in [3.05, 3.63) is 0 Å². The molecule has 0 aliphatic heterocycles. The number of rotatable bonds is 10. The van der Waals surface area contributed by atoms with Gasteiger partial charge in [0.25, 0.3) is 0 Å². The second-order valence-corrected chi connectivity index (χ2v) is 5.62. The van der Waals surface area contributed by atoms with Crippen molar-refractivity contribution in [2.75, 3.05) is 0 Å². The van der Waals surface area contributed by atoms with Gasteiger partial charge < -0.3 is 0 Å². The molecule has 0 aliphatic carbocycles. The molecule has 0 N–H and O–H groups in total. The van der Waals surface area contributed by atoms with Crippen LogP contribution in [0.1, 0.15) is 65.2 Å². The lowest BCUT2D eigenvalue weighted by Crippen LogP contribution is -2.22. The van der Waals surface area contributed by atoms with Crippen molar-refractivity contribution in [3.63, 3.8) is 0 Å². The van der Waals surface area contributed by atoms with E-state index in [2.05, 4.69) is 0 Å². The summed E-state index contributed by atoms with van der Waals surface area (Å²) in [6.07, 6.45) is -8.48. The van der Waals surface area contributed by atoms with Gasteiger partial charge in [-0.15, -0.1) is 0 Å². The summed E-state index contributed by atoms with van der Waals surface area (Å²) < 4.78 is 75.0. The van der Waals surface area contributed by atoms with Gasteiger partial charge in [0, 0.05) is 12.8 Å². The molecule has 0 heterocycles. The van der Waals surface area contributed by atoms with Gasteiger partial charge in [0.1, 0.15) is 5.78 Å². The summed E-state index contributed by atoms with van der Waals surface area (Å²) in [7, 11) is 0. The highest BCUT2D eigenvalue weighted by Gasteiger charge is 2.38. The molecule has 0 radical (unpaired) electrons. The third kappa shape index (κ3) is 8.63. The molecule has 0 rings (SSSR count). The van der Waals surface area contributed by atoms with Crippen molar-refractivity contribution in [2.24, 2.45) is 11.8 Å². The zero-order valence-corrected chi connectivity index (χ0v) is 13.0. The normalized spacial score (nSPS) is 15.6. The second kappa shape index (κ2) is 9.40. The topological polar surface area (TPSA) is 17.1 Å². The van der Waals surface area contributed by atoms with Crippen LogP contribution in [0.25, 0.3) is 0 Å². The molecule has 0 aromatic carbocycles. The Kier molecular flexibility index (Phi) is 9.08. The van der Waals surface area contributed by atoms with E-state index in [1.807, 2.05) is 0 Å². The molecule has 1 nitrogen and oxygen atoms in total. The minimum absolute atomic E-state index is 0.00932. The maximum Gasteiger partial charge on any atom is 0.391 e. The molecule has 0 fully saturated rings. The molecule has 0 saturated carbocycles. The molecule has 132 valence electrons. The third-order valence-corrected chi connectivity index (χ3v) is 3.93. The van der Waals surface area contributed by atoms with E-state index in [0.717, 1.165) is 0 Å². The van der Waals surface area contributed by atoms with Crippen molar-refractivity contribution in [1.82, 2.24) is 0 Å². The first kappa shape index (κ1) is 21.2. The van der Waals surface area contributed by atoms with Crippen molar-refractivity contribution in [1.29, 1.82) is 0 Å².